The quantitative estimate of drug-likeness (QED) is 0.0986. The lowest BCUT2D eigenvalue weighted by atomic mass is 10.1. The molecule has 7 nitrogen and oxygen atoms in total. The second-order valence-corrected chi connectivity index (χ2v) is 11.0. The summed E-state index contributed by atoms with van der Waals surface area (Å²) in [7, 11) is -3.64. The molecule has 3 aromatic carbocycles. The fourth-order valence-electron chi connectivity index (χ4n) is 3.70. The molecule has 3 rings (SSSR count). The summed E-state index contributed by atoms with van der Waals surface area (Å²) in [4.78, 5) is 23.6. The van der Waals surface area contributed by atoms with E-state index >= 15 is 0 Å². The van der Waals surface area contributed by atoms with Crippen molar-refractivity contribution in [2.45, 2.75) is 55.2 Å². The van der Waals surface area contributed by atoms with Gasteiger partial charge in [-0.15, -0.1) is 0 Å². The predicted octanol–water partition coefficient (Wildman–Crippen LogP) is 6.03. The van der Waals surface area contributed by atoms with Crippen molar-refractivity contribution >= 4 is 21.8 Å². The van der Waals surface area contributed by atoms with E-state index in [1.165, 1.54) is 24.3 Å². The minimum atomic E-state index is -3.64. The first kappa shape index (κ1) is 29.6. The first-order chi connectivity index (χ1) is 18.8. The zero-order valence-corrected chi connectivity index (χ0v) is 23.0. The van der Waals surface area contributed by atoms with Crippen LogP contribution in [0, 0.1) is 6.92 Å². The predicted molar refractivity (Wildman–Crippen MR) is 149 cm³/mol. The van der Waals surface area contributed by atoms with Crippen molar-refractivity contribution in [3.63, 3.8) is 0 Å². The molecule has 0 radical (unpaired) electrons. The molecule has 0 saturated heterocycles. The van der Waals surface area contributed by atoms with Crippen molar-refractivity contribution in [2.75, 3.05) is 13.2 Å². The van der Waals surface area contributed by atoms with Crippen LogP contribution in [0.15, 0.2) is 95.2 Å². The Balaban J connectivity index is 1.36. The van der Waals surface area contributed by atoms with Crippen molar-refractivity contribution in [3.05, 3.63) is 96.6 Å². The molecule has 0 atom stereocenters. The molecule has 3 aromatic rings. The number of ether oxygens (including phenoxy) is 3. The first-order valence-corrected chi connectivity index (χ1v) is 14.4. The number of aryl methyl sites for hydroxylation is 2. The van der Waals surface area contributed by atoms with Crippen LogP contribution in [0.5, 0.6) is 11.5 Å². The highest BCUT2D eigenvalue weighted by molar-refractivity contribution is 7.91. The van der Waals surface area contributed by atoms with Gasteiger partial charge in [-0.3, -0.25) is 4.79 Å². The Morgan fingerprint density at radius 1 is 0.769 bits per heavy atom. The summed E-state index contributed by atoms with van der Waals surface area (Å²) in [5.41, 5.74) is 1.96. The van der Waals surface area contributed by atoms with E-state index in [9.17, 15) is 18.0 Å². The minimum Gasteiger partial charge on any atom is -0.494 e. The fraction of sp³-hybridized carbons (Fsp3) is 0.290. The molecule has 8 heteroatoms. The van der Waals surface area contributed by atoms with Gasteiger partial charge in [0.1, 0.15) is 11.5 Å². The molecule has 0 aliphatic carbocycles. The van der Waals surface area contributed by atoms with E-state index in [0.29, 0.717) is 25.4 Å². The molecule has 39 heavy (non-hydrogen) atoms. The molecule has 206 valence electrons. The number of hydrogen-bond acceptors (Lipinski definition) is 7. The third kappa shape index (κ3) is 9.72. The van der Waals surface area contributed by atoms with Crippen LogP contribution >= 0.6 is 0 Å². The van der Waals surface area contributed by atoms with E-state index < -0.39 is 21.8 Å². The van der Waals surface area contributed by atoms with Gasteiger partial charge < -0.3 is 14.2 Å². The van der Waals surface area contributed by atoms with Crippen LogP contribution in [-0.4, -0.2) is 33.6 Å². The van der Waals surface area contributed by atoms with E-state index in [4.69, 9.17) is 14.2 Å². The lowest BCUT2D eigenvalue weighted by Crippen LogP contribution is -2.09. The highest BCUT2D eigenvalue weighted by Crippen LogP contribution is 2.24. The first-order valence-electron chi connectivity index (χ1n) is 12.9. The van der Waals surface area contributed by atoms with Gasteiger partial charge in [-0.25, -0.2) is 13.2 Å². The Bertz CT molecular complexity index is 1330. The van der Waals surface area contributed by atoms with Gasteiger partial charge in [-0.05, 0) is 93.1 Å². The van der Waals surface area contributed by atoms with Gasteiger partial charge >= 0.3 is 11.9 Å². The number of rotatable bonds is 15. The molecule has 0 amide bonds. The summed E-state index contributed by atoms with van der Waals surface area (Å²) < 4.78 is 41.6. The van der Waals surface area contributed by atoms with Crippen molar-refractivity contribution in [2.24, 2.45) is 0 Å². The summed E-state index contributed by atoms with van der Waals surface area (Å²) >= 11 is 0. The number of carbonyl (C=O) groups is 2. The maximum absolute atomic E-state index is 12.8. The van der Waals surface area contributed by atoms with Crippen LogP contribution < -0.4 is 9.47 Å². The smallest absolute Gasteiger partial charge is 0.330 e. The zero-order chi connectivity index (χ0) is 28.1. The lowest BCUT2D eigenvalue weighted by Gasteiger charge is -2.09. The molecule has 0 aliphatic rings. The van der Waals surface area contributed by atoms with E-state index in [1.54, 1.807) is 24.3 Å². The molecule has 0 unspecified atom stereocenters. The van der Waals surface area contributed by atoms with Crippen molar-refractivity contribution in [1.82, 2.24) is 0 Å². The van der Waals surface area contributed by atoms with E-state index in [2.05, 4.69) is 6.58 Å². The number of carbonyl (C=O) groups excluding carboxylic acids is 2. The number of benzene rings is 3. The highest BCUT2D eigenvalue weighted by atomic mass is 32.2. The van der Waals surface area contributed by atoms with Gasteiger partial charge in [0, 0.05) is 12.5 Å². The summed E-state index contributed by atoms with van der Waals surface area (Å²) in [6, 6.07) is 20.1. The average Bonchev–Trinajstić information content (AvgIpc) is 2.94. The number of unbranched alkanes of at least 4 members (excludes halogenated alkanes) is 3. The second kappa shape index (κ2) is 14.9. The molecule has 0 bridgehead atoms. The zero-order valence-electron chi connectivity index (χ0n) is 22.1. The summed E-state index contributed by atoms with van der Waals surface area (Å²) in [6.45, 7) is 6.26. The molecule has 0 fully saturated rings. The largest absolute Gasteiger partial charge is 0.494 e. The number of esters is 2. The fourth-order valence-corrected chi connectivity index (χ4v) is 4.96. The van der Waals surface area contributed by atoms with Crippen LogP contribution in [0.25, 0.3) is 0 Å². The second-order valence-electron chi connectivity index (χ2n) is 9.04. The summed E-state index contributed by atoms with van der Waals surface area (Å²) in [5.74, 6) is 0.271. The topological polar surface area (TPSA) is 96.0 Å². The van der Waals surface area contributed by atoms with E-state index in [-0.39, 0.29) is 16.2 Å². The lowest BCUT2D eigenvalue weighted by molar-refractivity contribution is -0.138. The standard InChI is InChI=1S/C31H34O7S/c1-3-30(32)37-23-7-5-4-6-22-36-26-13-10-25(11-14-26)12-21-31(33)38-27-15-19-29(20-16-27)39(34,35)28-17-8-24(2)9-18-28/h3,8-11,13-20H,1,4-7,12,21-23H2,2H3. The Morgan fingerprint density at radius 3 is 1.95 bits per heavy atom. The SMILES string of the molecule is C=CC(=O)OCCCCCCOc1ccc(CCC(=O)Oc2ccc(S(=O)(=O)c3ccc(C)cc3)cc2)cc1. The Kier molecular flexibility index (Phi) is 11.3. The van der Waals surface area contributed by atoms with Crippen molar-refractivity contribution in [1.29, 1.82) is 0 Å². The molecule has 0 spiro atoms. The number of sulfone groups is 1. The van der Waals surface area contributed by atoms with Gasteiger partial charge in [0.15, 0.2) is 0 Å². The molecular weight excluding hydrogens is 516 g/mol. The van der Waals surface area contributed by atoms with Crippen LogP contribution in [0.1, 0.15) is 43.2 Å². The summed E-state index contributed by atoms with van der Waals surface area (Å²) in [5, 5.41) is 0. The van der Waals surface area contributed by atoms with E-state index in [0.717, 1.165) is 48.6 Å². The van der Waals surface area contributed by atoms with Crippen LogP contribution in [0.3, 0.4) is 0 Å². The molecule has 0 aromatic heterocycles. The van der Waals surface area contributed by atoms with Gasteiger partial charge in [-0.1, -0.05) is 36.4 Å². The van der Waals surface area contributed by atoms with E-state index in [1.807, 2.05) is 31.2 Å². The summed E-state index contributed by atoms with van der Waals surface area (Å²) in [6.07, 6.45) is 5.52. The maximum atomic E-state index is 12.8. The molecule has 0 saturated carbocycles. The molecule has 0 heterocycles. The Morgan fingerprint density at radius 2 is 1.33 bits per heavy atom. The maximum Gasteiger partial charge on any atom is 0.330 e. The average molecular weight is 551 g/mol. The van der Waals surface area contributed by atoms with Crippen LogP contribution in [0.4, 0.5) is 0 Å². The van der Waals surface area contributed by atoms with Crippen LogP contribution in [0.2, 0.25) is 0 Å². The van der Waals surface area contributed by atoms with Crippen molar-refractivity contribution in [3.8, 4) is 11.5 Å². The normalized spacial score (nSPS) is 11.0. The Hall–Kier alpha value is -3.91. The highest BCUT2D eigenvalue weighted by Gasteiger charge is 2.17. The van der Waals surface area contributed by atoms with Gasteiger partial charge in [-0.2, -0.15) is 0 Å². The van der Waals surface area contributed by atoms with Crippen LogP contribution in [-0.2, 0) is 30.6 Å². The minimum absolute atomic E-state index is 0.139. The van der Waals surface area contributed by atoms with Gasteiger partial charge in [0.05, 0.1) is 23.0 Å². The third-order valence-electron chi connectivity index (χ3n) is 5.96. The number of hydrogen-bond donors (Lipinski definition) is 0. The van der Waals surface area contributed by atoms with Crippen molar-refractivity contribution < 1.29 is 32.2 Å². The molecule has 0 N–H and O–H groups in total. The van der Waals surface area contributed by atoms with Gasteiger partial charge in [0.25, 0.3) is 0 Å². The third-order valence-corrected chi connectivity index (χ3v) is 7.74. The molecule has 0 aliphatic heterocycles. The molecular formula is C31H34O7S. The monoisotopic (exact) mass is 550 g/mol. The Labute approximate surface area is 230 Å². The van der Waals surface area contributed by atoms with Gasteiger partial charge in [0.2, 0.25) is 9.84 Å².